The van der Waals surface area contributed by atoms with E-state index in [0.29, 0.717) is 0 Å². The minimum Gasteiger partial charge on any atom is -0.451 e. The third kappa shape index (κ3) is 0.528. The van der Waals surface area contributed by atoms with Gasteiger partial charge in [0.15, 0.2) is 11.2 Å². The summed E-state index contributed by atoms with van der Waals surface area (Å²) in [6.45, 7) is 0. The van der Waals surface area contributed by atoms with Crippen molar-refractivity contribution in [1.29, 1.82) is 0 Å². The van der Waals surface area contributed by atoms with Gasteiger partial charge in [0.1, 0.15) is 11.0 Å². The number of imidazole rings is 1. The van der Waals surface area contributed by atoms with Crippen molar-refractivity contribution in [3.05, 3.63) is 30.6 Å². The Morgan fingerprint density at radius 1 is 1.07 bits per heavy atom. The van der Waals surface area contributed by atoms with E-state index in [1.807, 2.05) is 12.1 Å². The van der Waals surface area contributed by atoms with Crippen LogP contribution in [-0.4, -0.2) is 9.97 Å². The molecule has 14 heavy (non-hydrogen) atoms. The number of nitrogens with zero attached hydrogens (tertiary/aromatic N) is 1. The number of fused-ring (bicyclic) bond motifs is 8. The van der Waals surface area contributed by atoms with Crippen molar-refractivity contribution in [2.24, 2.45) is 0 Å². The molecule has 4 aromatic rings. The Morgan fingerprint density at radius 3 is 2.71 bits per heavy atom. The number of aromatic amines is 1. The molecule has 3 heteroatoms. The van der Waals surface area contributed by atoms with Gasteiger partial charge in [-0.25, -0.2) is 4.98 Å². The Bertz CT molecular complexity index is 676. The van der Waals surface area contributed by atoms with Crippen LogP contribution in [0.1, 0.15) is 0 Å². The van der Waals surface area contributed by atoms with Gasteiger partial charge in [-0.2, -0.15) is 0 Å². The molecule has 3 nitrogen and oxygen atoms in total. The van der Waals surface area contributed by atoms with Gasteiger partial charge in [0.25, 0.3) is 0 Å². The minimum atomic E-state index is 0.895. The number of nitrogens with one attached hydrogen (secondary N) is 1. The molecule has 0 radical (unpaired) electrons. The fourth-order valence-corrected chi connectivity index (χ4v) is 2.09. The third-order valence-corrected chi connectivity index (χ3v) is 2.70. The molecule has 66 valence electrons. The molecule has 0 spiro atoms. The molecule has 0 unspecified atom stereocenters. The molecular weight excluding hydrogens is 176 g/mol. The van der Waals surface area contributed by atoms with E-state index < -0.39 is 0 Å². The average Bonchev–Trinajstić information content (AvgIpc) is 2.88. The molecule has 0 saturated heterocycles. The summed E-state index contributed by atoms with van der Waals surface area (Å²) in [5, 5.41) is 2.32. The number of hydrogen-bond acceptors (Lipinski definition) is 2. The van der Waals surface area contributed by atoms with Crippen LogP contribution in [0.25, 0.3) is 33.0 Å². The van der Waals surface area contributed by atoms with Crippen LogP contribution < -0.4 is 0 Å². The van der Waals surface area contributed by atoms with E-state index in [2.05, 4.69) is 22.1 Å². The van der Waals surface area contributed by atoms with Crippen LogP contribution in [0.15, 0.2) is 35.0 Å². The van der Waals surface area contributed by atoms with Gasteiger partial charge in [-0.3, -0.25) is 0 Å². The Labute approximate surface area is 78.7 Å². The molecule has 2 bridgehead atoms. The van der Waals surface area contributed by atoms with Gasteiger partial charge in [0.05, 0.1) is 6.33 Å². The van der Waals surface area contributed by atoms with E-state index in [1.165, 1.54) is 5.39 Å². The second kappa shape index (κ2) is 1.90. The second-order valence-corrected chi connectivity index (χ2v) is 3.43. The van der Waals surface area contributed by atoms with Crippen LogP contribution in [0.2, 0.25) is 0 Å². The molecule has 0 aliphatic heterocycles. The van der Waals surface area contributed by atoms with Gasteiger partial charge >= 0.3 is 0 Å². The summed E-state index contributed by atoms with van der Waals surface area (Å²) in [5.41, 5.74) is 3.77. The van der Waals surface area contributed by atoms with Gasteiger partial charge in [-0.1, -0.05) is 24.3 Å². The van der Waals surface area contributed by atoms with Crippen LogP contribution in [0, 0.1) is 0 Å². The fraction of sp³-hybridized carbons (Fsp3) is 0. The van der Waals surface area contributed by atoms with Crippen molar-refractivity contribution in [3.63, 3.8) is 0 Å². The fourth-order valence-electron chi connectivity index (χ4n) is 2.09. The van der Waals surface area contributed by atoms with Gasteiger partial charge in [-0.15, -0.1) is 0 Å². The summed E-state index contributed by atoms with van der Waals surface area (Å²) in [7, 11) is 0. The molecule has 0 aliphatic rings. The molecule has 0 fully saturated rings. The van der Waals surface area contributed by atoms with Crippen molar-refractivity contribution in [2.45, 2.75) is 0 Å². The highest BCUT2D eigenvalue weighted by Gasteiger charge is 2.17. The lowest BCUT2D eigenvalue weighted by Crippen LogP contribution is -1.70. The number of benzene rings is 2. The molecule has 3 aromatic heterocycles. The summed E-state index contributed by atoms with van der Waals surface area (Å²) < 4.78 is 5.69. The maximum atomic E-state index is 5.69. The second-order valence-electron chi connectivity index (χ2n) is 3.43. The van der Waals surface area contributed by atoms with Crippen LogP contribution in [0.5, 0.6) is 0 Å². The zero-order valence-electron chi connectivity index (χ0n) is 7.24. The summed E-state index contributed by atoms with van der Waals surface area (Å²) in [6, 6.07) is 8.17. The quantitative estimate of drug-likeness (QED) is 0.454. The molecule has 0 amide bonds. The normalized spacial score (nSPS) is 12.3. The molecule has 0 atom stereocenters. The molecule has 0 aliphatic carbocycles. The van der Waals surface area contributed by atoms with Crippen molar-refractivity contribution in [1.82, 2.24) is 9.97 Å². The molecule has 0 saturated carbocycles. The SMILES string of the molecule is c1ccc2c(c1)c1oc2c2[nH]cnc21. The first-order valence-corrected chi connectivity index (χ1v) is 4.51. The topological polar surface area (TPSA) is 41.8 Å². The van der Waals surface area contributed by atoms with Gasteiger partial charge in [0.2, 0.25) is 0 Å². The highest BCUT2D eigenvalue weighted by molar-refractivity contribution is 6.22. The Kier molecular flexibility index (Phi) is 0.871. The predicted molar refractivity (Wildman–Crippen MR) is 54.6 cm³/mol. The van der Waals surface area contributed by atoms with E-state index in [9.17, 15) is 0 Å². The monoisotopic (exact) mass is 182 g/mol. The summed E-state index contributed by atoms with van der Waals surface area (Å²) >= 11 is 0. The molecule has 1 N–H and O–H groups in total. The third-order valence-electron chi connectivity index (χ3n) is 2.70. The first-order chi connectivity index (χ1) is 6.95. The molecule has 1 aromatic carbocycles. The van der Waals surface area contributed by atoms with E-state index in [1.54, 1.807) is 6.33 Å². The van der Waals surface area contributed by atoms with E-state index >= 15 is 0 Å². The summed E-state index contributed by atoms with van der Waals surface area (Å²) in [6.07, 6.45) is 1.71. The Hall–Kier alpha value is -2.03. The number of aromatic nitrogens is 2. The van der Waals surface area contributed by atoms with Crippen molar-refractivity contribution in [2.75, 3.05) is 0 Å². The van der Waals surface area contributed by atoms with Gasteiger partial charge in [-0.05, 0) is 0 Å². The lowest BCUT2D eigenvalue weighted by atomic mass is 10.1. The number of furan rings is 2. The minimum absolute atomic E-state index is 0.895. The van der Waals surface area contributed by atoms with E-state index in [-0.39, 0.29) is 0 Å². The van der Waals surface area contributed by atoms with Gasteiger partial charge < -0.3 is 9.40 Å². The highest BCUT2D eigenvalue weighted by Crippen LogP contribution is 2.38. The van der Waals surface area contributed by atoms with Crippen molar-refractivity contribution in [3.8, 4) is 0 Å². The number of rotatable bonds is 0. The molecule has 4 rings (SSSR count). The zero-order chi connectivity index (χ0) is 9.12. The summed E-state index contributed by atoms with van der Waals surface area (Å²) in [4.78, 5) is 7.34. The van der Waals surface area contributed by atoms with Crippen LogP contribution >= 0.6 is 0 Å². The lowest BCUT2D eigenvalue weighted by Gasteiger charge is -1.89. The lowest BCUT2D eigenvalue weighted by molar-refractivity contribution is 0.680. The highest BCUT2D eigenvalue weighted by atomic mass is 16.3. The maximum Gasteiger partial charge on any atom is 0.163 e. The van der Waals surface area contributed by atoms with E-state index in [4.69, 9.17) is 4.42 Å². The van der Waals surface area contributed by atoms with E-state index in [0.717, 1.165) is 27.6 Å². The van der Waals surface area contributed by atoms with Crippen LogP contribution in [0.4, 0.5) is 0 Å². The average molecular weight is 182 g/mol. The Morgan fingerprint density at radius 2 is 1.86 bits per heavy atom. The van der Waals surface area contributed by atoms with Crippen LogP contribution in [0.3, 0.4) is 0 Å². The first-order valence-electron chi connectivity index (χ1n) is 4.51. The standard InChI is InChI=1S/C11H6N2O/c1-2-4-7-6(3-1)10-8-9(11(7)14-10)13-5-12-8/h1-5H,(H,12,13). The summed E-state index contributed by atoms with van der Waals surface area (Å²) in [5.74, 6) is 0. The number of H-pyrrole nitrogens is 1. The number of hydrogen-bond donors (Lipinski definition) is 1. The van der Waals surface area contributed by atoms with Gasteiger partial charge in [0, 0.05) is 10.8 Å². The molecule has 3 heterocycles. The van der Waals surface area contributed by atoms with Crippen molar-refractivity contribution >= 4 is 33.0 Å². The first kappa shape index (κ1) is 6.43. The smallest absolute Gasteiger partial charge is 0.163 e. The van der Waals surface area contributed by atoms with Crippen molar-refractivity contribution < 1.29 is 4.42 Å². The Balaban J connectivity index is 2.51. The zero-order valence-corrected chi connectivity index (χ0v) is 7.24. The largest absolute Gasteiger partial charge is 0.451 e. The predicted octanol–water partition coefficient (Wildman–Crippen LogP) is 2.90. The molecular formula is C11H6N2O. The maximum absolute atomic E-state index is 5.69. The van der Waals surface area contributed by atoms with Crippen LogP contribution in [-0.2, 0) is 0 Å².